The molecule has 1 amide bonds. The fraction of sp³-hybridized carbons (Fsp3) is 0.105. The smallest absolute Gasteiger partial charge is 0.336 e. The van der Waals surface area contributed by atoms with Gasteiger partial charge in [-0.1, -0.05) is 6.07 Å². The predicted molar refractivity (Wildman–Crippen MR) is 97.1 cm³/mol. The van der Waals surface area contributed by atoms with E-state index >= 15 is 0 Å². The molecule has 1 aromatic heterocycles. The minimum absolute atomic E-state index is 0.322. The molecule has 3 aromatic rings. The van der Waals surface area contributed by atoms with Crippen molar-refractivity contribution in [1.82, 2.24) is 5.43 Å². The van der Waals surface area contributed by atoms with E-state index in [1.807, 2.05) is 0 Å². The lowest BCUT2D eigenvalue weighted by atomic mass is 10.1. The lowest BCUT2D eigenvalue weighted by molar-refractivity contribution is 0.0955. The van der Waals surface area contributed by atoms with E-state index in [0.29, 0.717) is 33.6 Å². The maximum atomic E-state index is 12.2. The quantitative estimate of drug-likeness (QED) is 0.433. The van der Waals surface area contributed by atoms with Gasteiger partial charge in [0.2, 0.25) is 0 Å². The minimum atomic E-state index is -0.476. The van der Waals surface area contributed by atoms with Crippen molar-refractivity contribution in [1.29, 1.82) is 0 Å². The number of rotatable bonds is 5. The van der Waals surface area contributed by atoms with Gasteiger partial charge in [0.05, 0.1) is 20.4 Å². The molecule has 2 aromatic carbocycles. The zero-order valence-electron chi connectivity index (χ0n) is 14.2. The zero-order valence-corrected chi connectivity index (χ0v) is 14.2. The molecule has 1 N–H and O–H groups in total. The van der Waals surface area contributed by atoms with Gasteiger partial charge >= 0.3 is 5.63 Å². The summed E-state index contributed by atoms with van der Waals surface area (Å²) < 4.78 is 15.5. The van der Waals surface area contributed by atoms with Crippen molar-refractivity contribution < 1.29 is 18.7 Å². The number of ether oxygens (including phenoxy) is 2. The van der Waals surface area contributed by atoms with E-state index < -0.39 is 5.63 Å². The van der Waals surface area contributed by atoms with Crippen LogP contribution in [0.4, 0.5) is 0 Å². The number of hydrogen-bond acceptors (Lipinski definition) is 6. The summed E-state index contributed by atoms with van der Waals surface area (Å²) in [5.74, 6) is 0.651. The van der Waals surface area contributed by atoms with E-state index in [1.165, 1.54) is 26.5 Å². The van der Waals surface area contributed by atoms with Crippen LogP contribution in [0, 0.1) is 0 Å². The average molecular weight is 352 g/mol. The molecule has 3 rings (SSSR count). The summed E-state index contributed by atoms with van der Waals surface area (Å²) in [6.45, 7) is 0. The first-order valence-electron chi connectivity index (χ1n) is 7.70. The molecular weight excluding hydrogens is 336 g/mol. The Morgan fingerprint density at radius 1 is 1.12 bits per heavy atom. The number of nitrogens with zero attached hydrogens (tertiary/aromatic N) is 1. The molecule has 0 spiro atoms. The number of methoxy groups -OCH3 is 2. The number of hydrazone groups is 1. The molecule has 0 saturated heterocycles. The highest BCUT2D eigenvalue weighted by Crippen LogP contribution is 2.26. The molecule has 0 bridgehead atoms. The summed E-state index contributed by atoms with van der Waals surface area (Å²) in [5, 5.41) is 4.62. The number of fused-ring (bicyclic) bond motifs is 1. The van der Waals surface area contributed by atoms with Gasteiger partial charge in [-0.25, -0.2) is 10.2 Å². The van der Waals surface area contributed by atoms with Crippen LogP contribution in [0.2, 0.25) is 0 Å². The molecule has 0 radical (unpaired) electrons. The third kappa shape index (κ3) is 3.56. The monoisotopic (exact) mass is 352 g/mol. The van der Waals surface area contributed by atoms with Crippen LogP contribution >= 0.6 is 0 Å². The van der Waals surface area contributed by atoms with Gasteiger partial charge in [-0.15, -0.1) is 0 Å². The Hall–Kier alpha value is -3.61. The van der Waals surface area contributed by atoms with Gasteiger partial charge in [0.1, 0.15) is 5.75 Å². The van der Waals surface area contributed by atoms with Crippen molar-refractivity contribution in [3.8, 4) is 11.5 Å². The second-order valence-corrected chi connectivity index (χ2v) is 5.29. The highest BCUT2D eigenvalue weighted by atomic mass is 16.5. The van der Waals surface area contributed by atoms with E-state index in [0.717, 1.165) is 0 Å². The summed E-state index contributed by atoms with van der Waals surface area (Å²) in [6, 6.07) is 13.1. The van der Waals surface area contributed by atoms with E-state index in [-0.39, 0.29) is 5.91 Å². The summed E-state index contributed by atoms with van der Waals surface area (Å²) in [4.78, 5) is 23.6. The van der Waals surface area contributed by atoms with E-state index in [9.17, 15) is 9.59 Å². The van der Waals surface area contributed by atoms with Crippen molar-refractivity contribution in [3.63, 3.8) is 0 Å². The molecule has 0 unspecified atom stereocenters. The molecule has 7 nitrogen and oxygen atoms in total. The molecule has 0 aliphatic carbocycles. The van der Waals surface area contributed by atoms with Gasteiger partial charge in [0.25, 0.3) is 5.91 Å². The molecule has 26 heavy (non-hydrogen) atoms. The largest absolute Gasteiger partial charge is 0.497 e. The normalized spacial score (nSPS) is 10.8. The third-order valence-corrected chi connectivity index (χ3v) is 3.70. The van der Waals surface area contributed by atoms with Crippen LogP contribution in [-0.2, 0) is 0 Å². The molecular formula is C19H16N2O5. The van der Waals surface area contributed by atoms with E-state index in [2.05, 4.69) is 10.5 Å². The van der Waals surface area contributed by atoms with Gasteiger partial charge in [-0.05, 0) is 36.4 Å². The standard InChI is InChI=1S/C19H16N2O5/c1-24-14-5-3-4-12(10-14)19(23)21-20-11-13-6-8-16(25-2)18-15(13)7-9-17(22)26-18/h3-11H,1-2H3,(H,21,23)/b20-11+. The number of hydrogen-bond donors (Lipinski definition) is 1. The Bertz CT molecular complexity index is 1040. The highest BCUT2D eigenvalue weighted by Gasteiger charge is 2.09. The molecule has 0 saturated carbocycles. The van der Waals surface area contributed by atoms with E-state index in [1.54, 1.807) is 42.5 Å². The minimum Gasteiger partial charge on any atom is -0.497 e. The van der Waals surface area contributed by atoms with Crippen molar-refractivity contribution in [2.24, 2.45) is 5.10 Å². The summed E-state index contributed by atoms with van der Waals surface area (Å²) in [7, 11) is 3.02. The van der Waals surface area contributed by atoms with Crippen LogP contribution < -0.4 is 20.5 Å². The predicted octanol–water partition coefficient (Wildman–Crippen LogP) is 2.57. The summed E-state index contributed by atoms with van der Waals surface area (Å²) in [5.41, 5.74) is 3.39. The van der Waals surface area contributed by atoms with Gasteiger partial charge in [0, 0.05) is 22.6 Å². The van der Waals surface area contributed by atoms with Crippen molar-refractivity contribution in [2.75, 3.05) is 14.2 Å². The first-order chi connectivity index (χ1) is 12.6. The Kier molecular flexibility index (Phi) is 4.98. The molecule has 7 heteroatoms. The zero-order chi connectivity index (χ0) is 18.5. The maximum Gasteiger partial charge on any atom is 0.336 e. The summed E-state index contributed by atoms with van der Waals surface area (Å²) >= 11 is 0. The van der Waals surface area contributed by atoms with Gasteiger partial charge in [-0.2, -0.15) is 5.10 Å². The summed E-state index contributed by atoms with van der Waals surface area (Å²) in [6.07, 6.45) is 1.47. The van der Waals surface area contributed by atoms with Gasteiger partial charge in [0.15, 0.2) is 11.3 Å². The molecule has 0 fully saturated rings. The number of nitrogens with one attached hydrogen (secondary N) is 1. The average Bonchev–Trinajstić information content (AvgIpc) is 2.67. The van der Waals surface area contributed by atoms with Crippen LogP contribution in [0.25, 0.3) is 11.0 Å². The van der Waals surface area contributed by atoms with Crippen molar-refractivity contribution in [3.05, 3.63) is 70.1 Å². The topological polar surface area (TPSA) is 90.1 Å². The van der Waals surface area contributed by atoms with Crippen molar-refractivity contribution >= 4 is 23.1 Å². The van der Waals surface area contributed by atoms with Crippen LogP contribution in [-0.4, -0.2) is 26.3 Å². The fourth-order valence-electron chi connectivity index (χ4n) is 2.42. The second-order valence-electron chi connectivity index (χ2n) is 5.29. The SMILES string of the molecule is COc1cccc(C(=O)N/N=C/c2ccc(OC)c3oc(=O)ccc23)c1. The highest BCUT2D eigenvalue weighted by molar-refractivity contribution is 6.00. The van der Waals surface area contributed by atoms with Crippen LogP contribution in [0.5, 0.6) is 11.5 Å². The first-order valence-corrected chi connectivity index (χ1v) is 7.70. The number of benzene rings is 2. The van der Waals surface area contributed by atoms with Gasteiger partial charge < -0.3 is 13.9 Å². The van der Waals surface area contributed by atoms with Crippen molar-refractivity contribution in [2.45, 2.75) is 0 Å². The lowest BCUT2D eigenvalue weighted by Crippen LogP contribution is -2.17. The Balaban J connectivity index is 1.84. The molecule has 0 aliphatic heterocycles. The number of amides is 1. The van der Waals surface area contributed by atoms with E-state index in [4.69, 9.17) is 13.9 Å². The Morgan fingerprint density at radius 3 is 2.73 bits per heavy atom. The Labute approximate surface area is 148 Å². The first kappa shape index (κ1) is 17.2. The van der Waals surface area contributed by atoms with Crippen LogP contribution in [0.3, 0.4) is 0 Å². The lowest BCUT2D eigenvalue weighted by Gasteiger charge is -2.06. The fourth-order valence-corrected chi connectivity index (χ4v) is 2.42. The molecule has 132 valence electrons. The van der Waals surface area contributed by atoms with Gasteiger partial charge in [-0.3, -0.25) is 4.79 Å². The maximum absolute atomic E-state index is 12.2. The molecule has 1 heterocycles. The third-order valence-electron chi connectivity index (χ3n) is 3.70. The number of carbonyl (C=O) groups excluding carboxylic acids is 1. The van der Waals surface area contributed by atoms with Crippen LogP contribution in [0.1, 0.15) is 15.9 Å². The second kappa shape index (κ2) is 7.52. The Morgan fingerprint density at radius 2 is 1.96 bits per heavy atom. The number of carbonyl (C=O) groups is 1. The van der Waals surface area contributed by atoms with Crippen LogP contribution in [0.15, 0.2) is 62.8 Å². The molecule has 0 aliphatic rings. The molecule has 0 atom stereocenters.